The number of rotatable bonds is 3. The van der Waals surface area contributed by atoms with Crippen LogP contribution in [0.15, 0.2) is 30.6 Å². The minimum absolute atomic E-state index is 0.0606. The Morgan fingerprint density at radius 3 is 3.05 bits per heavy atom. The number of pyridine rings is 1. The minimum Gasteiger partial charge on any atom is -0.394 e. The van der Waals surface area contributed by atoms with E-state index in [0.717, 1.165) is 31.0 Å². The third kappa shape index (κ3) is 2.85. The van der Waals surface area contributed by atoms with Crippen molar-refractivity contribution in [2.45, 2.75) is 32.1 Å². The van der Waals surface area contributed by atoms with Gasteiger partial charge in [-0.3, -0.25) is 4.90 Å². The van der Waals surface area contributed by atoms with Crippen LogP contribution in [0.3, 0.4) is 0 Å². The van der Waals surface area contributed by atoms with E-state index in [0.29, 0.717) is 0 Å². The highest BCUT2D eigenvalue weighted by Gasteiger charge is 2.33. The van der Waals surface area contributed by atoms with Crippen LogP contribution in [0.4, 0.5) is 0 Å². The molecule has 108 valence electrons. The van der Waals surface area contributed by atoms with Gasteiger partial charge in [-0.25, -0.2) is 4.98 Å². The Labute approximate surface area is 118 Å². The van der Waals surface area contributed by atoms with E-state index in [9.17, 15) is 5.11 Å². The fourth-order valence-corrected chi connectivity index (χ4v) is 2.92. The number of ether oxygens (including phenoxy) is 1. The average molecular weight is 275 g/mol. The molecule has 3 heterocycles. The van der Waals surface area contributed by atoms with E-state index in [1.54, 1.807) is 0 Å². The first kappa shape index (κ1) is 13.5. The van der Waals surface area contributed by atoms with Gasteiger partial charge in [0, 0.05) is 32.0 Å². The lowest BCUT2D eigenvalue weighted by molar-refractivity contribution is -0.150. The van der Waals surface area contributed by atoms with Gasteiger partial charge in [-0.05, 0) is 26.0 Å². The summed E-state index contributed by atoms with van der Waals surface area (Å²) in [5.74, 6) is 0. The highest BCUT2D eigenvalue weighted by atomic mass is 16.5. The van der Waals surface area contributed by atoms with Gasteiger partial charge in [-0.1, -0.05) is 6.07 Å². The quantitative estimate of drug-likeness (QED) is 0.917. The largest absolute Gasteiger partial charge is 0.394 e. The molecule has 0 spiro atoms. The van der Waals surface area contributed by atoms with Gasteiger partial charge < -0.3 is 14.2 Å². The van der Waals surface area contributed by atoms with Crippen molar-refractivity contribution in [1.82, 2.24) is 14.3 Å². The van der Waals surface area contributed by atoms with E-state index >= 15 is 0 Å². The lowest BCUT2D eigenvalue weighted by atomic mass is 10.1. The second-order valence-corrected chi connectivity index (χ2v) is 6.05. The van der Waals surface area contributed by atoms with Gasteiger partial charge in [-0.15, -0.1) is 0 Å². The Hall–Kier alpha value is -1.43. The number of fused-ring (bicyclic) bond motifs is 1. The van der Waals surface area contributed by atoms with Gasteiger partial charge >= 0.3 is 0 Å². The molecule has 1 aliphatic rings. The molecule has 5 heteroatoms. The summed E-state index contributed by atoms with van der Waals surface area (Å²) in [7, 11) is 0. The Morgan fingerprint density at radius 1 is 1.45 bits per heavy atom. The zero-order valence-corrected chi connectivity index (χ0v) is 12.0. The monoisotopic (exact) mass is 275 g/mol. The molecule has 1 fully saturated rings. The molecule has 1 aliphatic heterocycles. The molecular formula is C15H21N3O2. The van der Waals surface area contributed by atoms with Crippen molar-refractivity contribution >= 4 is 5.65 Å². The predicted octanol–water partition coefficient (Wildman–Crippen LogP) is 1.31. The summed E-state index contributed by atoms with van der Waals surface area (Å²) in [4.78, 5) is 6.92. The highest BCUT2D eigenvalue weighted by molar-refractivity contribution is 5.39. The first-order valence-corrected chi connectivity index (χ1v) is 6.99. The zero-order valence-electron chi connectivity index (χ0n) is 12.0. The van der Waals surface area contributed by atoms with Gasteiger partial charge in [0.2, 0.25) is 0 Å². The summed E-state index contributed by atoms with van der Waals surface area (Å²) in [5, 5.41) is 9.35. The van der Waals surface area contributed by atoms with E-state index in [-0.39, 0.29) is 18.3 Å². The Balaban J connectivity index is 1.76. The number of aliphatic hydroxyl groups is 1. The second kappa shape index (κ2) is 5.16. The topological polar surface area (TPSA) is 50.0 Å². The van der Waals surface area contributed by atoms with Crippen LogP contribution in [0.25, 0.3) is 5.65 Å². The second-order valence-electron chi connectivity index (χ2n) is 6.05. The molecule has 5 nitrogen and oxygen atoms in total. The first-order valence-electron chi connectivity index (χ1n) is 6.99. The van der Waals surface area contributed by atoms with Crippen molar-refractivity contribution in [2.24, 2.45) is 0 Å². The third-order valence-electron chi connectivity index (χ3n) is 3.56. The first-order chi connectivity index (χ1) is 9.55. The van der Waals surface area contributed by atoms with Crippen molar-refractivity contribution in [3.05, 3.63) is 36.3 Å². The summed E-state index contributed by atoms with van der Waals surface area (Å²) in [6, 6.07) is 5.99. The van der Waals surface area contributed by atoms with E-state index in [1.807, 2.05) is 28.8 Å². The normalized spacial score (nSPS) is 23.2. The SMILES string of the molecule is CC1(C)CN(Cc2cn3ccccc3n2)CC(CO)O1. The van der Waals surface area contributed by atoms with Gasteiger partial charge in [-0.2, -0.15) is 0 Å². The van der Waals surface area contributed by atoms with Crippen LogP contribution in [-0.2, 0) is 11.3 Å². The third-order valence-corrected chi connectivity index (χ3v) is 3.56. The van der Waals surface area contributed by atoms with Crippen LogP contribution in [-0.4, -0.2) is 50.8 Å². The number of nitrogens with zero attached hydrogens (tertiary/aromatic N) is 3. The lowest BCUT2D eigenvalue weighted by Gasteiger charge is -2.42. The molecular weight excluding hydrogens is 254 g/mol. The molecule has 1 atom stereocenters. The van der Waals surface area contributed by atoms with Crippen molar-refractivity contribution in [3.63, 3.8) is 0 Å². The predicted molar refractivity (Wildman–Crippen MR) is 76.5 cm³/mol. The van der Waals surface area contributed by atoms with Crippen molar-refractivity contribution in [1.29, 1.82) is 0 Å². The number of morpholine rings is 1. The molecule has 20 heavy (non-hydrogen) atoms. The molecule has 0 bridgehead atoms. The number of hydrogen-bond donors (Lipinski definition) is 1. The fraction of sp³-hybridized carbons (Fsp3) is 0.533. The molecule has 1 unspecified atom stereocenters. The maximum absolute atomic E-state index is 9.35. The molecule has 0 aromatic carbocycles. The fourth-order valence-electron chi connectivity index (χ4n) is 2.92. The molecule has 0 amide bonds. The van der Waals surface area contributed by atoms with Crippen molar-refractivity contribution in [3.8, 4) is 0 Å². The van der Waals surface area contributed by atoms with Crippen LogP contribution in [0.1, 0.15) is 19.5 Å². The van der Waals surface area contributed by atoms with E-state index in [1.165, 1.54) is 0 Å². The Kier molecular flexibility index (Phi) is 3.50. The molecule has 0 radical (unpaired) electrons. The van der Waals surface area contributed by atoms with E-state index in [4.69, 9.17) is 4.74 Å². The smallest absolute Gasteiger partial charge is 0.137 e. The summed E-state index contributed by atoms with van der Waals surface area (Å²) in [5.41, 5.74) is 1.78. The summed E-state index contributed by atoms with van der Waals surface area (Å²) >= 11 is 0. The number of aromatic nitrogens is 2. The van der Waals surface area contributed by atoms with Crippen LogP contribution in [0, 0.1) is 0 Å². The Morgan fingerprint density at radius 2 is 2.30 bits per heavy atom. The standard InChI is InChI=1S/C15H21N3O2/c1-15(2)11-17(9-13(10-19)20-15)7-12-8-18-6-4-3-5-14(18)16-12/h3-6,8,13,19H,7,9-11H2,1-2H3. The van der Waals surface area contributed by atoms with Crippen molar-refractivity contribution in [2.75, 3.05) is 19.7 Å². The number of imidazole rings is 1. The van der Waals surface area contributed by atoms with Crippen molar-refractivity contribution < 1.29 is 9.84 Å². The molecule has 2 aromatic heterocycles. The van der Waals surface area contributed by atoms with Crippen LogP contribution < -0.4 is 0 Å². The molecule has 1 saturated heterocycles. The van der Waals surface area contributed by atoms with Gasteiger partial charge in [0.05, 0.1) is 24.0 Å². The van der Waals surface area contributed by atoms with E-state index < -0.39 is 0 Å². The zero-order chi connectivity index (χ0) is 14.2. The molecule has 2 aromatic rings. The van der Waals surface area contributed by atoms with E-state index in [2.05, 4.69) is 29.9 Å². The van der Waals surface area contributed by atoms with Gasteiger partial charge in [0.1, 0.15) is 5.65 Å². The maximum Gasteiger partial charge on any atom is 0.137 e. The van der Waals surface area contributed by atoms with Gasteiger partial charge in [0.15, 0.2) is 0 Å². The van der Waals surface area contributed by atoms with Crippen LogP contribution in [0.5, 0.6) is 0 Å². The van der Waals surface area contributed by atoms with Crippen LogP contribution in [0.2, 0.25) is 0 Å². The molecule has 0 aliphatic carbocycles. The molecule has 0 saturated carbocycles. The minimum atomic E-state index is -0.231. The summed E-state index contributed by atoms with van der Waals surface area (Å²) < 4.78 is 7.86. The molecule has 3 rings (SSSR count). The average Bonchev–Trinajstić information content (AvgIpc) is 2.78. The number of aliphatic hydroxyl groups excluding tert-OH is 1. The Bertz CT molecular complexity index is 561. The lowest BCUT2D eigenvalue weighted by Crippen LogP contribution is -2.53. The maximum atomic E-state index is 9.35. The number of hydrogen-bond acceptors (Lipinski definition) is 4. The molecule has 1 N–H and O–H groups in total. The van der Waals surface area contributed by atoms with Gasteiger partial charge in [0.25, 0.3) is 0 Å². The summed E-state index contributed by atoms with van der Waals surface area (Å²) in [6.07, 6.45) is 3.95. The highest BCUT2D eigenvalue weighted by Crippen LogP contribution is 2.22. The summed E-state index contributed by atoms with van der Waals surface area (Å²) in [6.45, 7) is 6.55. The van der Waals surface area contributed by atoms with Crippen LogP contribution >= 0.6 is 0 Å².